The van der Waals surface area contributed by atoms with E-state index in [1.54, 1.807) is 24.3 Å². The summed E-state index contributed by atoms with van der Waals surface area (Å²) in [6, 6.07) is 14.6. The van der Waals surface area contributed by atoms with Crippen LogP contribution in [0.3, 0.4) is 0 Å². The molecule has 2 rings (SSSR count). The molecular formula is C19H21NO3. The van der Waals surface area contributed by atoms with E-state index in [2.05, 4.69) is 19.2 Å². The molecule has 23 heavy (non-hydrogen) atoms. The first kappa shape index (κ1) is 16.7. The quantitative estimate of drug-likeness (QED) is 0.785. The van der Waals surface area contributed by atoms with Crippen molar-refractivity contribution in [2.45, 2.75) is 26.2 Å². The van der Waals surface area contributed by atoms with Gasteiger partial charge in [0.1, 0.15) is 5.75 Å². The Morgan fingerprint density at radius 1 is 1.17 bits per heavy atom. The number of aldehydes is 1. The van der Waals surface area contributed by atoms with Gasteiger partial charge in [-0.05, 0) is 36.1 Å². The number of ether oxygens (including phenoxy) is 1. The summed E-state index contributed by atoms with van der Waals surface area (Å²) >= 11 is 0. The monoisotopic (exact) mass is 311 g/mol. The van der Waals surface area contributed by atoms with Gasteiger partial charge in [0, 0.05) is 5.69 Å². The highest BCUT2D eigenvalue weighted by molar-refractivity contribution is 5.93. The van der Waals surface area contributed by atoms with Gasteiger partial charge >= 0.3 is 0 Å². The fraction of sp³-hybridized carbons (Fsp3) is 0.263. The van der Waals surface area contributed by atoms with Gasteiger partial charge in [-0.25, -0.2) is 0 Å². The summed E-state index contributed by atoms with van der Waals surface area (Å²) in [6.07, 6.45) is 1.71. The molecule has 0 aliphatic rings. The lowest BCUT2D eigenvalue weighted by Gasteiger charge is -2.16. The second kappa shape index (κ2) is 8.13. The van der Waals surface area contributed by atoms with E-state index >= 15 is 0 Å². The van der Waals surface area contributed by atoms with Crippen molar-refractivity contribution in [3.05, 3.63) is 59.7 Å². The van der Waals surface area contributed by atoms with Gasteiger partial charge < -0.3 is 10.1 Å². The first-order chi connectivity index (χ1) is 11.2. The highest BCUT2D eigenvalue weighted by Crippen LogP contribution is 2.26. The van der Waals surface area contributed by atoms with Gasteiger partial charge in [-0.1, -0.05) is 44.2 Å². The topological polar surface area (TPSA) is 55.4 Å². The molecule has 0 spiro atoms. The zero-order valence-corrected chi connectivity index (χ0v) is 13.4. The first-order valence-corrected chi connectivity index (χ1v) is 7.71. The molecule has 2 aromatic rings. The fourth-order valence-electron chi connectivity index (χ4n) is 2.30. The summed E-state index contributed by atoms with van der Waals surface area (Å²) in [5.74, 6) is 0.525. The summed E-state index contributed by atoms with van der Waals surface area (Å²) in [6.45, 7) is 4.10. The Bertz CT molecular complexity index is 682. The van der Waals surface area contributed by atoms with Crippen LogP contribution in [0.4, 0.5) is 5.69 Å². The molecule has 0 fully saturated rings. The van der Waals surface area contributed by atoms with Crippen molar-refractivity contribution in [2.24, 2.45) is 0 Å². The SMILES string of the molecule is CC[C@@H](C)c1ccccc1NC(=O)COc1ccccc1C=O. The van der Waals surface area contributed by atoms with Crippen LogP contribution in [0.1, 0.15) is 42.1 Å². The Kier molecular flexibility index (Phi) is 5.92. The molecule has 4 heteroatoms. The minimum absolute atomic E-state index is 0.139. The summed E-state index contributed by atoms with van der Waals surface area (Å²) in [7, 11) is 0. The highest BCUT2D eigenvalue weighted by atomic mass is 16.5. The molecule has 0 aliphatic heterocycles. The molecule has 4 nitrogen and oxygen atoms in total. The summed E-state index contributed by atoms with van der Waals surface area (Å²) < 4.78 is 5.45. The first-order valence-electron chi connectivity index (χ1n) is 7.71. The highest BCUT2D eigenvalue weighted by Gasteiger charge is 2.12. The zero-order chi connectivity index (χ0) is 16.7. The Hall–Kier alpha value is -2.62. The maximum absolute atomic E-state index is 12.1. The third-order valence-corrected chi connectivity index (χ3v) is 3.78. The number of hydrogen-bond acceptors (Lipinski definition) is 3. The molecule has 0 radical (unpaired) electrons. The molecule has 0 saturated heterocycles. The van der Waals surface area contributed by atoms with Crippen molar-refractivity contribution in [1.29, 1.82) is 0 Å². The maximum Gasteiger partial charge on any atom is 0.262 e. The molecule has 1 N–H and O–H groups in total. The van der Waals surface area contributed by atoms with E-state index < -0.39 is 0 Å². The third-order valence-electron chi connectivity index (χ3n) is 3.78. The second-order valence-electron chi connectivity index (χ2n) is 5.39. The number of hydrogen-bond donors (Lipinski definition) is 1. The van der Waals surface area contributed by atoms with Crippen LogP contribution >= 0.6 is 0 Å². The second-order valence-corrected chi connectivity index (χ2v) is 5.39. The van der Waals surface area contributed by atoms with Crippen LogP contribution in [0.2, 0.25) is 0 Å². The number of rotatable bonds is 7. The average molecular weight is 311 g/mol. The Balaban J connectivity index is 2.02. The van der Waals surface area contributed by atoms with Gasteiger partial charge in [-0.15, -0.1) is 0 Å². The average Bonchev–Trinajstić information content (AvgIpc) is 2.60. The molecule has 1 atom stereocenters. The standard InChI is InChI=1S/C19H21NO3/c1-3-14(2)16-9-5-6-10-17(16)20-19(22)13-23-18-11-7-4-8-15(18)12-21/h4-12,14H,3,13H2,1-2H3,(H,20,22)/t14-/m1/s1. The lowest BCUT2D eigenvalue weighted by molar-refractivity contribution is -0.118. The predicted octanol–water partition coefficient (Wildman–Crippen LogP) is 4.03. The number of amides is 1. The molecule has 0 aliphatic carbocycles. The van der Waals surface area contributed by atoms with Gasteiger partial charge in [0.05, 0.1) is 5.56 Å². The molecule has 2 aromatic carbocycles. The van der Waals surface area contributed by atoms with Gasteiger partial charge in [-0.2, -0.15) is 0 Å². The van der Waals surface area contributed by atoms with Crippen molar-refractivity contribution >= 4 is 17.9 Å². The van der Waals surface area contributed by atoms with Crippen molar-refractivity contribution in [3.63, 3.8) is 0 Å². The normalized spacial score (nSPS) is 11.6. The van der Waals surface area contributed by atoms with Crippen molar-refractivity contribution in [1.82, 2.24) is 0 Å². The number of nitrogens with one attached hydrogen (secondary N) is 1. The minimum atomic E-state index is -0.249. The molecular weight excluding hydrogens is 290 g/mol. The van der Waals surface area contributed by atoms with E-state index in [0.29, 0.717) is 23.5 Å². The Morgan fingerprint density at radius 2 is 1.87 bits per heavy atom. The van der Waals surface area contributed by atoms with Crippen LogP contribution in [0.25, 0.3) is 0 Å². The van der Waals surface area contributed by atoms with Crippen molar-refractivity contribution < 1.29 is 14.3 Å². The summed E-state index contributed by atoms with van der Waals surface area (Å²) in [5, 5.41) is 2.88. The van der Waals surface area contributed by atoms with E-state index in [1.165, 1.54) is 0 Å². The van der Waals surface area contributed by atoms with E-state index in [4.69, 9.17) is 4.74 Å². The van der Waals surface area contributed by atoms with Crippen molar-refractivity contribution in [2.75, 3.05) is 11.9 Å². The van der Waals surface area contributed by atoms with Crippen LogP contribution in [0.5, 0.6) is 5.75 Å². The number of para-hydroxylation sites is 2. The van der Waals surface area contributed by atoms with Crippen LogP contribution in [-0.4, -0.2) is 18.8 Å². The number of carbonyl (C=O) groups is 2. The van der Waals surface area contributed by atoms with Crippen LogP contribution < -0.4 is 10.1 Å². The molecule has 0 saturated carbocycles. The van der Waals surface area contributed by atoms with Crippen LogP contribution in [0.15, 0.2) is 48.5 Å². The molecule has 1 amide bonds. The van der Waals surface area contributed by atoms with E-state index in [-0.39, 0.29) is 12.5 Å². The molecule has 0 aromatic heterocycles. The minimum Gasteiger partial charge on any atom is -0.483 e. The third kappa shape index (κ3) is 4.42. The molecule has 120 valence electrons. The summed E-state index contributed by atoms with van der Waals surface area (Å²) in [4.78, 5) is 23.1. The predicted molar refractivity (Wildman–Crippen MR) is 91.1 cm³/mol. The van der Waals surface area contributed by atoms with Gasteiger partial charge in [0.15, 0.2) is 12.9 Å². The van der Waals surface area contributed by atoms with Crippen molar-refractivity contribution in [3.8, 4) is 5.75 Å². The summed E-state index contributed by atoms with van der Waals surface area (Å²) in [5.41, 5.74) is 2.34. The fourth-order valence-corrected chi connectivity index (χ4v) is 2.30. The lowest BCUT2D eigenvalue weighted by Crippen LogP contribution is -2.21. The van der Waals surface area contributed by atoms with Crippen LogP contribution in [-0.2, 0) is 4.79 Å². The molecule has 0 heterocycles. The zero-order valence-electron chi connectivity index (χ0n) is 13.4. The number of carbonyl (C=O) groups excluding carboxylic acids is 2. The van der Waals surface area contributed by atoms with E-state index in [1.807, 2.05) is 24.3 Å². The van der Waals surface area contributed by atoms with Crippen LogP contribution in [0, 0.1) is 0 Å². The smallest absolute Gasteiger partial charge is 0.262 e. The number of anilines is 1. The molecule has 0 unspecified atom stereocenters. The van der Waals surface area contributed by atoms with E-state index in [0.717, 1.165) is 17.7 Å². The number of benzene rings is 2. The lowest BCUT2D eigenvalue weighted by atomic mass is 9.97. The van der Waals surface area contributed by atoms with Gasteiger partial charge in [-0.3, -0.25) is 9.59 Å². The van der Waals surface area contributed by atoms with E-state index in [9.17, 15) is 9.59 Å². The van der Waals surface area contributed by atoms with Gasteiger partial charge in [0.2, 0.25) is 0 Å². The molecule has 0 bridgehead atoms. The maximum atomic E-state index is 12.1. The van der Waals surface area contributed by atoms with Gasteiger partial charge in [0.25, 0.3) is 5.91 Å². The Morgan fingerprint density at radius 3 is 2.61 bits per heavy atom. The Labute approximate surface area is 136 Å². The largest absolute Gasteiger partial charge is 0.483 e.